The summed E-state index contributed by atoms with van der Waals surface area (Å²) in [4.78, 5) is 4.85. The number of nitrogens with one attached hydrogen (secondary N) is 1. The minimum absolute atomic E-state index is 0.326. The van der Waals surface area contributed by atoms with Gasteiger partial charge in [-0.05, 0) is 18.1 Å². The van der Waals surface area contributed by atoms with E-state index in [1.54, 1.807) is 7.11 Å². The molecule has 2 aromatic rings. The highest BCUT2D eigenvalue weighted by Gasteiger charge is 2.25. The Hall–Kier alpha value is -1.81. The van der Waals surface area contributed by atoms with Crippen molar-refractivity contribution >= 4 is 0 Å². The van der Waals surface area contributed by atoms with Gasteiger partial charge in [-0.15, -0.1) is 0 Å². The van der Waals surface area contributed by atoms with Gasteiger partial charge in [-0.25, -0.2) is 4.98 Å². The lowest BCUT2D eigenvalue weighted by atomic mass is 10.0. The van der Waals surface area contributed by atoms with E-state index in [1.807, 2.05) is 18.2 Å². The number of fused-ring (bicyclic) bond motifs is 1. The Balaban J connectivity index is 2.05. The van der Waals surface area contributed by atoms with Gasteiger partial charge in [-0.3, -0.25) is 0 Å². The van der Waals surface area contributed by atoms with Crippen LogP contribution in [0.1, 0.15) is 25.7 Å². The molecule has 1 atom stereocenters. The number of methoxy groups -OCH3 is 1. The molecule has 20 heavy (non-hydrogen) atoms. The molecule has 3 rings (SSSR count). The Morgan fingerprint density at radius 3 is 2.90 bits per heavy atom. The number of ether oxygens (including phenoxy) is 1. The lowest BCUT2D eigenvalue weighted by Crippen LogP contribution is -2.36. The molecule has 0 radical (unpaired) electrons. The van der Waals surface area contributed by atoms with Crippen LogP contribution in [0, 0.1) is 5.92 Å². The van der Waals surface area contributed by atoms with Gasteiger partial charge in [0.15, 0.2) is 0 Å². The van der Waals surface area contributed by atoms with Gasteiger partial charge >= 0.3 is 0 Å². The van der Waals surface area contributed by atoms with Crippen molar-refractivity contribution in [2.24, 2.45) is 5.92 Å². The summed E-state index contributed by atoms with van der Waals surface area (Å²) in [6.07, 6.45) is 2.14. The lowest BCUT2D eigenvalue weighted by molar-refractivity contribution is 0.338. The molecule has 1 aliphatic heterocycles. The van der Waals surface area contributed by atoms with E-state index in [0.29, 0.717) is 12.0 Å². The highest BCUT2D eigenvalue weighted by atomic mass is 16.5. The molecule has 0 amide bonds. The normalized spacial score (nSPS) is 18.1. The van der Waals surface area contributed by atoms with Crippen LogP contribution in [0.2, 0.25) is 0 Å². The van der Waals surface area contributed by atoms with Crippen molar-refractivity contribution in [2.45, 2.75) is 26.4 Å². The van der Waals surface area contributed by atoms with Gasteiger partial charge in [0.05, 0.1) is 18.8 Å². The maximum absolute atomic E-state index is 5.44. The molecule has 1 aromatic heterocycles. The van der Waals surface area contributed by atoms with E-state index in [0.717, 1.165) is 35.9 Å². The summed E-state index contributed by atoms with van der Waals surface area (Å²) in [7, 11) is 1.70. The zero-order valence-corrected chi connectivity index (χ0v) is 12.3. The van der Waals surface area contributed by atoms with Crippen molar-refractivity contribution in [3.8, 4) is 17.0 Å². The molecule has 0 saturated heterocycles. The second-order valence-electron chi connectivity index (χ2n) is 5.55. The monoisotopic (exact) mass is 271 g/mol. The van der Waals surface area contributed by atoms with Crippen LogP contribution < -0.4 is 10.1 Å². The molecule has 2 heterocycles. The summed E-state index contributed by atoms with van der Waals surface area (Å²) in [5.41, 5.74) is 2.05. The fraction of sp³-hybridized carbons (Fsp3) is 0.438. The molecule has 4 nitrogen and oxygen atoms in total. The number of nitrogens with zero attached hydrogens (tertiary/aromatic N) is 2. The van der Waals surface area contributed by atoms with E-state index >= 15 is 0 Å². The first-order valence-electron chi connectivity index (χ1n) is 7.14. The second kappa shape index (κ2) is 5.29. The number of aromatic nitrogens is 2. The van der Waals surface area contributed by atoms with Crippen LogP contribution in [-0.2, 0) is 6.54 Å². The summed E-state index contributed by atoms with van der Waals surface area (Å²) in [6, 6.07) is 8.37. The Morgan fingerprint density at radius 2 is 2.15 bits per heavy atom. The van der Waals surface area contributed by atoms with E-state index < -0.39 is 0 Å². The van der Waals surface area contributed by atoms with Gasteiger partial charge in [0.1, 0.15) is 11.6 Å². The first-order valence-corrected chi connectivity index (χ1v) is 7.14. The van der Waals surface area contributed by atoms with Crippen molar-refractivity contribution in [3.63, 3.8) is 0 Å². The number of rotatable bonds is 3. The molecule has 4 heteroatoms. The topological polar surface area (TPSA) is 39.1 Å². The first kappa shape index (κ1) is 13.2. The van der Waals surface area contributed by atoms with Crippen LogP contribution in [0.5, 0.6) is 5.75 Å². The van der Waals surface area contributed by atoms with Crippen molar-refractivity contribution in [2.75, 3.05) is 13.7 Å². The second-order valence-corrected chi connectivity index (χ2v) is 5.55. The molecule has 0 fully saturated rings. The fourth-order valence-electron chi connectivity index (χ4n) is 2.81. The first-order chi connectivity index (χ1) is 9.70. The van der Waals surface area contributed by atoms with Crippen LogP contribution in [0.25, 0.3) is 11.3 Å². The summed E-state index contributed by atoms with van der Waals surface area (Å²) in [5.74, 6) is 2.53. The Kier molecular flexibility index (Phi) is 3.49. The maximum Gasteiger partial charge on any atom is 0.128 e. The fourth-order valence-corrected chi connectivity index (χ4v) is 2.81. The number of para-hydroxylation sites is 1. The van der Waals surface area contributed by atoms with Gasteiger partial charge in [-0.1, -0.05) is 26.0 Å². The summed E-state index contributed by atoms with van der Waals surface area (Å²) in [6.45, 7) is 6.42. The van der Waals surface area contributed by atoms with Crippen LogP contribution in [0.3, 0.4) is 0 Å². The smallest absolute Gasteiger partial charge is 0.128 e. The SMILES string of the molecule is COc1ccccc1-c1cn2c(n1)C(C(C)C)NCC2. The van der Waals surface area contributed by atoms with Gasteiger partial charge < -0.3 is 14.6 Å². The molecule has 0 bridgehead atoms. The average molecular weight is 271 g/mol. The number of benzene rings is 1. The third kappa shape index (κ3) is 2.20. The predicted molar refractivity (Wildman–Crippen MR) is 79.8 cm³/mol. The van der Waals surface area contributed by atoms with Gasteiger partial charge in [0, 0.05) is 24.8 Å². The Labute approximate surface area is 119 Å². The summed E-state index contributed by atoms with van der Waals surface area (Å²) < 4.78 is 7.71. The average Bonchev–Trinajstić information content (AvgIpc) is 2.90. The molecule has 106 valence electrons. The highest BCUT2D eigenvalue weighted by Crippen LogP contribution is 2.32. The minimum atomic E-state index is 0.326. The number of hydrogen-bond donors (Lipinski definition) is 1. The standard InChI is InChI=1S/C16H21N3O/c1-11(2)15-16-18-13(10-19(16)9-8-17-15)12-6-4-5-7-14(12)20-3/h4-7,10-11,15,17H,8-9H2,1-3H3. The van der Waals surface area contributed by atoms with Gasteiger partial charge in [0.2, 0.25) is 0 Å². The predicted octanol–water partition coefficient (Wildman–Crippen LogP) is 2.86. The van der Waals surface area contributed by atoms with E-state index in [9.17, 15) is 0 Å². The Morgan fingerprint density at radius 1 is 1.35 bits per heavy atom. The molecule has 0 aliphatic carbocycles. The molecule has 1 unspecified atom stereocenters. The van der Waals surface area contributed by atoms with E-state index in [1.165, 1.54) is 0 Å². The van der Waals surface area contributed by atoms with E-state index in [2.05, 4.69) is 36.0 Å². The maximum atomic E-state index is 5.44. The highest BCUT2D eigenvalue weighted by molar-refractivity contribution is 5.66. The summed E-state index contributed by atoms with van der Waals surface area (Å²) in [5, 5.41) is 3.55. The lowest BCUT2D eigenvalue weighted by Gasteiger charge is -2.27. The van der Waals surface area contributed by atoms with Crippen LogP contribution in [-0.4, -0.2) is 23.2 Å². The third-order valence-electron chi connectivity index (χ3n) is 3.85. The molecule has 0 saturated carbocycles. The molecule has 1 N–H and O–H groups in total. The minimum Gasteiger partial charge on any atom is -0.496 e. The summed E-state index contributed by atoms with van der Waals surface area (Å²) >= 11 is 0. The van der Waals surface area contributed by atoms with Crippen molar-refractivity contribution < 1.29 is 4.74 Å². The van der Waals surface area contributed by atoms with Crippen LogP contribution >= 0.6 is 0 Å². The molecular weight excluding hydrogens is 250 g/mol. The quantitative estimate of drug-likeness (QED) is 0.933. The number of imidazole rings is 1. The number of hydrogen-bond acceptors (Lipinski definition) is 3. The van der Waals surface area contributed by atoms with Crippen molar-refractivity contribution in [1.82, 2.24) is 14.9 Å². The molecular formula is C16H21N3O. The van der Waals surface area contributed by atoms with Gasteiger partial charge in [-0.2, -0.15) is 0 Å². The molecule has 0 spiro atoms. The third-order valence-corrected chi connectivity index (χ3v) is 3.85. The van der Waals surface area contributed by atoms with E-state index in [4.69, 9.17) is 9.72 Å². The molecule has 1 aliphatic rings. The van der Waals surface area contributed by atoms with Crippen LogP contribution in [0.4, 0.5) is 0 Å². The van der Waals surface area contributed by atoms with Crippen LogP contribution in [0.15, 0.2) is 30.5 Å². The zero-order valence-electron chi connectivity index (χ0n) is 12.3. The van der Waals surface area contributed by atoms with Crippen molar-refractivity contribution in [3.05, 3.63) is 36.3 Å². The largest absolute Gasteiger partial charge is 0.496 e. The zero-order chi connectivity index (χ0) is 14.1. The molecule has 1 aromatic carbocycles. The van der Waals surface area contributed by atoms with Gasteiger partial charge in [0.25, 0.3) is 0 Å². The van der Waals surface area contributed by atoms with E-state index in [-0.39, 0.29) is 0 Å². The van der Waals surface area contributed by atoms with Crippen molar-refractivity contribution in [1.29, 1.82) is 0 Å². The Bertz CT molecular complexity index is 604.